The predicted molar refractivity (Wildman–Crippen MR) is 215 cm³/mol. The van der Waals surface area contributed by atoms with E-state index in [-0.39, 0.29) is 5.41 Å². The molecule has 0 bridgehead atoms. The monoisotopic (exact) mass is 678 g/mol. The van der Waals surface area contributed by atoms with E-state index in [0.29, 0.717) is 23.0 Å². The van der Waals surface area contributed by atoms with Crippen LogP contribution < -0.4 is 0 Å². The van der Waals surface area contributed by atoms with Crippen LogP contribution in [0.1, 0.15) is 30.5 Å². The fourth-order valence-corrected chi connectivity index (χ4v) is 7.49. The maximum atomic E-state index is 9.57. The van der Waals surface area contributed by atoms with E-state index < -0.39 is 0 Å². The molecule has 0 N–H and O–H groups in total. The second-order valence-electron chi connectivity index (χ2n) is 14.0. The summed E-state index contributed by atoms with van der Waals surface area (Å²) >= 11 is 0. The van der Waals surface area contributed by atoms with Gasteiger partial charge in [0.2, 0.25) is 0 Å². The standard InChI is InChI=1S/C49H34N4/c1-49(2)44-27-16-32(31-50)28-43(44)42-26-25-40(30-45(42)49)39-14-9-15-41(29-39)48-52-46(37-21-17-35(18-22-37)33-10-5-3-6-11-33)51-47(53-48)38-23-19-36(20-24-38)34-12-7-4-8-13-34/h3-30H,1-2H3. The van der Waals surface area contributed by atoms with E-state index >= 15 is 0 Å². The van der Waals surface area contributed by atoms with Crippen molar-refractivity contribution in [3.05, 3.63) is 187 Å². The number of hydrogen-bond acceptors (Lipinski definition) is 4. The average Bonchev–Trinajstić information content (AvgIpc) is 3.46. The number of benzene rings is 7. The molecular formula is C49H34N4. The summed E-state index contributed by atoms with van der Waals surface area (Å²) in [7, 11) is 0. The quantitative estimate of drug-likeness (QED) is 0.176. The molecule has 0 unspecified atom stereocenters. The average molecular weight is 679 g/mol. The maximum absolute atomic E-state index is 9.57. The van der Waals surface area contributed by atoms with Gasteiger partial charge in [0.1, 0.15) is 0 Å². The third kappa shape index (κ3) is 5.89. The van der Waals surface area contributed by atoms with Crippen LogP contribution in [0.4, 0.5) is 0 Å². The van der Waals surface area contributed by atoms with Crippen LogP contribution in [0, 0.1) is 11.3 Å². The van der Waals surface area contributed by atoms with Crippen LogP contribution in [0.15, 0.2) is 170 Å². The Morgan fingerprint density at radius 3 is 1.40 bits per heavy atom. The van der Waals surface area contributed by atoms with E-state index in [1.807, 2.05) is 24.3 Å². The van der Waals surface area contributed by atoms with Crippen LogP contribution in [0.3, 0.4) is 0 Å². The van der Waals surface area contributed by atoms with E-state index in [9.17, 15) is 5.26 Å². The Morgan fingerprint density at radius 2 is 0.830 bits per heavy atom. The van der Waals surface area contributed by atoms with Crippen LogP contribution in [-0.2, 0) is 5.41 Å². The number of nitrogens with zero attached hydrogens (tertiary/aromatic N) is 4. The summed E-state index contributed by atoms with van der Waals surface area (Å²) in [5, 5.41) is 9.57. The van der Waals surface area contributed by atoms with Crippen LogP contribution in [0.25, 0.3) is 78.7 Å². The molecule has 1 aliphatic carbocycles. The van der Waals surface area contributed by atoms with Gasteiger partial charge in [0.15, 0.2) is 17.5 Å². The summed E-state index contributed by atoms with van der Waals surface area (Å²) < 4.78 is 0. The van der Waals surface area contributed by atoms with E-state index in [0.717, 1.165) is 55.6 Å². The van der Waals surface area contributed by atoms with E-state index in [1.165, 1.54) is 16.7 Å². The highest BCUT2D eigenvalue weighted by molar-refractivity contribution is 5.85. The van der Waals surface area contributed by atoms with Crippen molar-refractivity contribution in [3.63, 3.8) is 0 Å². The SMILES string of the molecule is CC1(C)c2ccc(C#N)cc2-c2ccc(-c3cccc(-c4nc(-c5ccc(-c6ccccc6)cc5)nc(-c5ccc(-c6ccccc6)cc5)n4)c3)cc21. The minimum Gasteiger partial charge on any atom is -0.208 e. The second-order valence-corrected chi connectivity index (χ2v) is 14.0. The Balaban J connectivity index is 1.12. The maximum Gasteiger partial charge on any atom is 0.164 e. The zero-order valence-corrected chi connectivity index (χ0v) is 29.5. The summed E-state index contributed by atoms with van der Waals surface area (Å²) in [6, 6.07) is 61.1. The molecule has 1 aromatic heterocycles. The molecule has 4 heteroatoms. The first-order valence-corrected chi connectivity index (χ1v) is 17.8. The molecule has 0 radical (unpaired) electrons. The molecule has 7 aromatic carbocycles. The van der Waals surface area contributed by atoms with Crippen LogP contribution in [0.2, 0.25) is 0 Å². The summed E-state index contributed by atoms with van der Waals surface area (Å²) in [4.78, 5) is 15.2. The molecule has 0 fully saturated rings. The van der Waals surface area contributed by atoms with Crippen LogP contribution in [-0.4, -0.2) is 15.0 Å². The van der Waals surface area contributed by atoms with E-state index in [2.05, 4.69) is 166 Å². The highest BCUT2D eigenvalue weighted by Gasteiger charge is 2.35. The molecule has 0 atom stereocenters. The lowest BCUT2D eigenvalue weighted by molar-refractivity contribution is 0.660. The predicted octanol–water partition coefficient (Wildman–Crippen LogP) is 12.1. The van der Waals surface area contributed by atoms with Gasteiger partial charge < -0.3 is 0 Å². The van der Waals surface area contributed by atoms with Gasteiger partial charge in [-0.05, 0) is 79.9 Å². The topological polar surface area (TPSA) is 62.5 Å². The lowest BCUT2D eigenvalue weighted by Gasteiger charge is -2.22. The van der Waals surface area contributed by atoms with Gasteiger partial charge in [-0.3, -0.25) is 0 Å². The van der Waals surface area contributed by atoms with E-state index in [4.69, 9.17) is 15.0 Å². The number of nitriles is 1. The van der Waals surface area contributed by atoms with Crippen LogP contribution in [0.5, 0.6) is 0 Å². The molecule has 9 rings (SSSR count). The molecule has 0 saturated heterocycles. The molecule has 0 spiro atoms. The van der Waals surface area contributed by atoms with Gasteiger partial charge in [-0.2, -0.15) is 5.26 Å². The van der Waals surface area contributed by atoms with Crippen molar-refractivity contribution in [2.75, 3.05) is 0 Å². The molecule has 250 valence electrons. The Hall–Kier alpha value is -6.96. The van der Waals surface area contributed by atoms with Gasteiger partial charge in [-0.25, -0.2) is 15.0 Å². The normalized spacial score (nSPS) is 12.5. The Labute approximate surface area is 309 Å². The zero-order valence-electron chi connectivity index (χ0n) is 29.5. The summed E-state index contributed by atoms with van der Waals surface area (Å²) in [5.41, 5.74) is 14.9. The van der Waals surface area contributed by atoms with Gasteiger partial charge in [0.25, 0.3) is 0 Å². The van der Waals surface area contributed by atoms with Gasteiger partial charge in [0, 0.05) is 22.1 Å². The van der Waals surface area contributed by atoms with Gasteiger partial charge in [-0.1, -0.05) is 159 Å². The first kappa shape index (κ1) is 32.0. The first-order chi connectivity index (χ1) is 25.9. The number of aromatic nitrogens is 3. The zero-order chi connectivity index (χ0) is 35.9. The molecule has 0 amide bonds. The fraction of sp³-hybridized carbons (Fsp3) is 0.0612. The lowest BCUT2D eigenvalue weighted by atomic mass is 9.81. The van der Waals surface area contributed by atoms with Crippen molar-refractivity contribution in [3.8, 4) is 84.7 Å². The molecule has 0 saturated carbocycles. The Morgan fingerprint density at radius 1 is 0.377 bits per heavy atom. The van der Waals surface area contributed by atoms with E-state index in [1.54, 1.807) is 0 Å². The van der Waals surface area contributed by atoms with Crippen molar-refractivity contribution in [2.24, 2.45) is 0 Å². The molecule has 53 heavy (non-hydrogen) atoms. The third-order valence-corrected chi connectivity index (χ3v) is 10.4. The third-order valence-electron chi connectivity index (χ3n) is 10.4. The van der Waals surface area contributed by atoms with Gasteiger partial charge in [-0.15, -0.1) is 0 Å². The Kier molecular flexibility index (Phi) is 7.83. The highest BCUT2D eigenvalue weighted by atomic mass is 15.0. The molecular weight excluding hydrogens is 645 g/mol. The molecule has 1 aliphatic rings. The van der Waals surface area contributed by atoms with Crippen molar-refractivity contribution < 1.29 is 0 Å². The minimum absolute atomic E-state index is 0.184. The summed E-state index contributed by atoms with van der Waals surface area (Å²) in [5.74, 6) is 1.86. The molecule has 4 nitrogen and oxygen atoms in total. The summed E-state index contributed by atoms with van der Waals surface area (Å²) in [6.45, 7) is 4.52. The number of rotatable bonds is 6. The van der Waals surface area contributed by atoms with Gasteiger partial charge in [0.05, 0.1) is 11.6 Å². The molecule has 8 aromatic rings. The largest absolute Gasteiger partial charge is 0.208 e. The van der Waals surface area contributed by atoms with Crippen molar-refractivity contribution in [2.45, 2.75) is 19.3 Å². The van der Waals surface area contributed by atoms with Gasteiger partial charge >= 0.3 is 0 Å². The highest BCUT2D eigenvalue weighted by Crippen LogP contribution is 2.50. The molecule has 1 heterocycles. The smallest absolute Gasteiger partial charge is 0.164 e. The summed E-state index contributed by atoms with van der Waals surface area (Å²) in [6.07, 6.45) is 0. The second kappa shape index (κ2) is 13.0. The van der Waals surface area contributed by atoms with Crippen molar-refractivity contribution in [1.29, 1.82) is 5.26 Å². The van der Waals surface area contributed by atoms with Crippen molar-refractivity contribution in [1.82, 2.24) is 15.0 Å². The Bertz CT molecular complexity index is 2570. The minimum atomic E-state index is -0.184. The molecule has 0 aliphatic heterocycles. The number of hydrogen-bond donors (Lipinski definition) is 0. The fourth-order valence-electron chi connectivity index (χ4n) is 7.49. The number of fused-ring (bicyclic) bond motifs is 3. The lowest BCUT2D eigenvalue weighted by Crippen LogP contribution is -2.15. The van der Waals surface area contributed by atoms with Crippen molar-refractivity contribution >= 4 is 0 Å². The first-order valence-electron chi connectivity index (χ1n) is 17.8. The van der Waals surface area contributed by atoms with Crippen LogP contribution >= 0.6 is 0 Å².